The van der Waals surface area contributed by atoms with Gasteiger partial charge in [-0.2, -0.15) is 0 Å². The zero-order valence-electron chi connectivity index (χ0n) is 12.1. The third-order valence-corrected chi connectivity index (χ3v) is 3.41. The van der Waals surface area contributed by atoms with E-state index in [0.717, 1.165) is 38.3 Å². The highest BCUT2D eigenvalue weighted by Gasteiger charge is 2.16. The van der Waals surface area contributed by atoms with Gasteiger partial charge in [0.15, 0.2) is 0 Å². The molecule has 7 nitrogen and oxygen atoms in total. The SMILES string of the molecule is CCN(CC)CCCNC(=O)c1cc([N+](=O)[O-])cnc1Cl. The summed E-state index contributed by atoms with van der Waals surface area (Å²) in [6.07, 6.45) is 1.83. The summed E-state index contributed by atoms with van der Waals surface area (Å²) in [5, 5.41) is 13.3. The zero-order valence-corrected chi connectivity index (χ0v) is 12.9. The second-order valence-corrected chi connectivity index (χ2v) is 4.78. The maximum absolute atomic E-state index is 12.0. The Hall–Kier alpha value is -1.73. The number of hydrogen-bond acceptors (Lipinski definition) is 5. The molecular formula is C13H19ClN4O3. The number of nitrogens with zero attached hydrogens (tertiary/aromatic N) is 3. The van der Waals surface area contributed by atoms with E-state index < -0.39 is 10.8 Å². The predicted molar refractivity (Wildman–Crippen MR) is 80.6 cm³/mol. The fourth-order valence-electron chi connectivity index (χ4n) is 1.84. The summed E-state index contributed by atoms with van der Waals surface area (Å²) >= 11 is 5.80. The molecule has 1 rings (SSSR count). The average Bonchev–Trinajstić information content (AvgIpc) is 2.47. The fourth-order valence-corrected chi connectivity index (χ4v) is 2.02. The van der Waals surface area contributed by atoms with Gasteiger partial charge in [0.2, 0.25) is 0 Å². The van der Waals surface area contributed by atoms with Crippen LogP contribution in [0.1, 0.15) is 30.6 Å². The first-order valence-electron chi connectivity index (χ1n) is 6.80. The van der Waals surface area contributed by atoms with Crippen LogP contribution in [0.5, 0.6) is 0 Å². The van der Waals surface area contributed by atoms with Crippen LogP contribution in [0.3, 0.4) is 0 Å². The monoisotopic (exact) mass is 314 g/mol. The summed E-state index contributed by atoms with van der Waals surface area (Å²) in [6.45, 7) is 7.45. The van der Waals surface area contributed by atoms with E-state index in [0.29, 0.717) is 6.54 Å². The highest BCUT2D eigenvalue weighted by Crippen LogP contribution is 2.18. The van der Waals surface area contributed by atoms with Crippen molar-refractivity contribution in [2.45, 2.75) is 20.3 Å². The molecule has 1 aromatic heterocycles. The lowest BCUT2D eigenvalue weighted by molar-refractivity contribution is -0.385. The van der Waals surface area contributed by atoms with Crippen molar-refractivity contribution in [1.82, 2.24) is 15.2 Å². The van der Waals surface area contributed by atoms with Gasteiger partial charge >= 0.3 is 0 Å². The maximum Gasteiger partial charge on any atom is 0.288 e. The third-order valence-electron chi connectivity index (χ3n) is 3.11. The lowest BCUT2D eigenvalue weighted by Crippen LogP contribution is -2.30. The van der Waals surface area contributed by atoms with Crippen LogP contribution in [-0.4, -0.2) is 46.9 Å². The number of rotatable bonds is 8. The van der Waals surface area contributed by atoms with E-state index in [2.05, 4.69) is 29.0 Å². The molecule has 1 heterocycles. The number of nitrogens with one attached hydrogen (secondary N) is 1. The first-order chi connectivity index (χ1) is 9.99. The summed E-state index contributed by atoms with van der Waals surface area (Å²) < 4.78 is 0. The molecule has 0 aromatic carbocycles. The van der Waals surface area contributed by atoms with Crippen molar-refractivity contribution in [3.05, 3.63) is 33.1 Å². The van der Waals surface area contributed by atoms with Crippen molar-refractivity contribution < 1.29 is 9.72 Å². The van der Waals surface area contributed by atoms with Crippen molar-refractivity contribution in [3.63, 3.8) is 0 Å². The molecule has 116 valence electrons. The molecule has 0 atom stereocenters. The molecule has 0 saturated heterocycles. The van der Waals surface area contributed by atoms with Gasteiger partial charge in [0.25, 0.3) is 11.6 Å². The Kier molecular flexibility index (Phi) is 7.04. The van der Waals surface area contributed by atoms with Crippen LogP contribution >= 0.6 is 11.6 Å². The van der Waals surface area contributed by atoms with Crippen molar-refractivity contribution in [2.75, 3.05) is 26.2 Å². The van der Waals surface area contributed by atoms with Gasteiger partial charge in [-0.3, -0.25) is 14.9 Å². The molecule has 0 saturated carbocycles. The molecule has 0 aliphatic carbocycles. The number of aromatic nitrogens is 1. The van der Waals surface area contributed by atoms with Gasteiger partial charge in [0.05, 0.1) is 10.5 Å². The van der Waals surface area contributed by atoms with Crippen LogP contribution < -0.4 is 5.32 Å². The standard InChI is InChI=1S/C13H19ClN4O3/c1-3-17(4-2)7-5-6-15-13(19)11-8-10(18(20)21)9-16-12(11)14/h8-9H,3-7H2,1-2H3,(H,15,19). The Bertz CT molecular complexity index is 506. The van der Waals surface area contributed by atoms with Gasteiger partial charge in [0.1, 0.15) is 11.3 Å². The number of amides is 1. The molecule has 0 fully saturated rings. The molecule has 0 aliphatic rings. The van der Waals surface area contributed by atoms with Gasteiger partial charge in [-0.1, -0.05) is 25.4 Å². The minimum atomic E-state index is -0.611. The molecule has 8 heteroatoms. The lowest BCUT2D eigenvalue weighted by atomic mass is 10.2. The first-order valence-corrected chi connectivity index (χ1v) is 7.17. The number of carbonyl (C=O) groups is 1. The van der Waals surface area contributed by atoms with Crippen LogP contribution in [0, 0.1) is 10.1 Å². The normalized spacial score (nSPS) is 10.7. The molecule has 0 spiro atoms. The predicted octanol–water partition coefficient (Wildman–Crippen LogP) is 2.10. The van der Waals surface area contributed by atoms with E-state index in [-0.39, 0.29) is 16.4 Å². The van der Waals surface area contributed by atoms with Gasteiger partial charge < -0.3 is 10.2 Å². The molecule has 1 N–H and O–H groups in total. The van der Waals surface area contributed by atoms with E-state index >= 15 is 0 Å². The highest BCUT2D eigenvalue weighted by atomic mass is 35.5. The van der Waals surface area contributed by atoms with Crippen molar-refractivity contribution >= 4 is 23.2 Å². The van der Waals surface area contributed by atoms with E-state index in [1.165, 1.54) is 0 Å². The largest absolute Gasteiger partial charge is 0.352 e. The van der Waals surface area contributed by atoms with Crippen LogP contribution in [-0.2, 0) is 0 Å². The molecule has 1 amide bonds. The van der Waals surface area contributed by atoms with Crippen molar-refractivity contribution in [2.24, 2.45) is 0 Å². The van der Waals surface area contributed by atoms with Crippen LogP contribution in [0.2, 0.25) is 5.15 Å². The van der Waals surface area contributed by atoms with Crippen LogP contribution in [0.25, 0.3) is 0 Å². The van der Waals surface area contributed by atoms with E-state index in [9.17, 15) is 14.9 Å². The lowest BCUT2D eigenvalue weighted by Gasteiger charge is -2.17. The molecular weight excluding hydrogens is 296 g/mol. The number of carbonyl (C=O) groups excluding carboxylic acids is 1. The Balaban J connectivity index is 2.56. The molecule has 0 unspecified atom stereocenters. The second-order valence-electron chi connectivity index (χ2n) is 4.43. The second kappa shape index (κ2) is 8.53. The first kappa shape index (κ1) is 17.3. The van der Waals surface area contributed by atoms with Gasteiger partial charge in [-0.15, -0.1) is 0 Å². The molecule has 0 radical (unpaired) electrons. The van der Waals surface area contributed by atoms with Crippen molar-refractivity contribution in [1.29, 1.82) is 0 Å². The number of hydrogen-bond donors (Lipinski definition) is 1. The maximum atomic E-state index is 12.0. The smallest absolute Gasteiger partial charge is 0.288 e. The molecule has 0 aliphatic heterocycles. The summed E-state index contributed by atoms with van der Waals surface area (Å²) in [5.74, 6) is -0.448. The van der Waals surface area contributed by atoms with E-state index in [1.54, 1.807) is 0 Å². The molecule has 0 bridgehead atoms. The Labute approximate surface area is 128 Å². The van der Waals surface area contributed by atoms with Crippen molar-refractivity contribution in [3.8, 4) is 0 Å². The Morgan fingerprint density at radius 2 is 2.14 bits per heavy atom. The Morgan fingerprint density at radius 3 is 2.71 bits per heavy atom. The minimum absolute atomic E-state index is 0.0219. The number of halogens is 1. The van der Waals surface area contributed by atoms with Gasteiger partial charge in [0, 0.05) is 12.6 Å². The van der Waals surface area contributed by atoms with E-state index in [1.807, 2.05) is 0 Å². The summed E-state index contributed by atoms with van der Waals surface area (Å²) in [7, 11) is 0. The number of pyridine rings is 1. The van der Waals surface area contributed by atoms with Gasteiger partial charge in [-0.25, -0.2) is 4.98 Å². The van der Waals surface area contributed by atoms with Gasteiger partial charge in [-0.05, 0) is 26.1 Å². The summed E-state index contributed by atoms with van der Waals surface area (Å²) in [4.78, 5) is 27.9. The molecule has 1 aromatic rings. The van der Waals surface area contributed by atoms with Crippen LogP contribution in [0.15, 0.2) is 12.3 Å². The summed E-state index contributed by atoms with van der Waals surface area (Å²) in [6, 6.07) is 1.13. The fraction of sp³-hybridized carbons (Fsp3) is 0.538. The number of nitro groups is 1. The quantitative estimate of drug-likeness (QED) is 0.343. The average molecular weight is 315 g/mol. The summed E-state index contributed by atoms with van der Waals surface area (Å²) in [5.41, 5.74) is -0.235. The van der Waals surface area contributed by atoms with Crippen LogP contribution in [0.4, 0.5) is 5.69 Å². The topological polar surface area (TPSA) is 88.4 Å². The van der Waals surface area contributed by atoms with E-state index in [4.69, 9.17) is 11.6 Å². The molecule has 21 heavy (non-hydrogen) atoms. The highest BCUT2D eigenvalue weighted by molar-refractivity contribution is 6.32. The minimum Gasteiger partial charge on any atom is -0.352 e. The third kappa shape index (κ3) is 5.28. The Morgan fingerprint density at radius 1 is 1.48 bits per heavy atom. The zero-order chi connectivity index (χ0) is 15.8.